The highest BCUT2D eigenvalue weighted by atomic mass is 79.9. The number of rotatable bonds is 2. The van der Waals surface area contributed by atoms with Crippen LogP contribution in [-0.4, -0.2) is 9.38 Å². The van der Waals surface area contributed by atoms with Crippen molar-refractivity contribution in [2.45, 2.75) is 11.4 Å². The highest BCUT2D eigenvalue weighted by Crippen LogP contribution is 2.20. The molecule has 3 rings (SSSR count). The Bertz CT molecular complexity index is 694. The summed E-state index contributed by atoms with van der Waals surface area (Å²) in [6.45, 7) is 0.741. The van der Waals surface area contributed by atoms with E-state index in [2.05, 4.69) is 38.1 Å². The second-order valence-corrected chi connectivity index (χ2v) is 5.28. The van der Waals surface area contributed by atoms with Gasteiger partial charge in [-0.1, -0.05) is 6.07 Å². The van der Waals surface area contributed by atoms with Crippen LogP contribution in [0.3, 0.4) is 0 Å². The summed E-state index contributed by atoms with van der Waals surface area (Å²) < 4.78 is 5.07. The van der Waals surface area contributed by atoms with E-state index in [0.29, 0.717) is 0 Å². The Morgan fingerprint density at radius 1 is 1.22 bits per heavy atom. The molecule has 0 bridgehead atoms. The molecular weight excluding hydrogens is 310 g/mol. The lowest BCUT2D eigenvalue weighted by molar-refractivity contribution is -0.688. The van der Waals surface area contributed by atoms with Crippen LogP contribution in [0.15, 0.2) is 58.4 Å². The maximum absolute atomic E-state index is 4.61. The Morgan fingerprint density at radius 2 is 2.00 bits per heavy atom. The largest absolute Gasteiger partial charge is 0.293 e. The van der Waals surface area contributed by atoms with Crippen molar-refractivity contribution < 1.29 is 4.57 Å². The molecule has 3 heterocycles. The molecule has 0 amide bonds. The Hall–Kier alpha value is -1.33. The summed E-state index contributed by atoms with van der Waals surface area (Å²) >= 11 is 7.94. The molecule has 3 nitrogen and oxygen atoms in total. The number of halogens is 1. The summed E-state index contributed by atoms with van der Waals surface area (Å²) in [7, 11) is 0. The fourth-order valence-corrected chi connectivity index (χ4v) is 2.55. The minimum atomic E-state index is 0.741. The molecular formula is C13H11BrN3S+. The van der Waals surface area contributed by atoms with E-state index in [0.717, 1.165) is 27.4 Å². The van der Waals surface area contributed by atoms with Crippen molar-refractivity contribution in [3.05, 3.63) is 59.2 Å². The van der Waals surface area contributed by atoms with Gasteiger partial charge in [0, 0.05) is 23.2 Å². The summed E-state index contributed by atoms with van der Waals surface area (Å²) in [6.07, 6.45) is 6.01. The highest BCUT2D eigenvalue weighted by Gasteiger charge is 2.13. The highest BCUT2D eigenvalue weighted by molar-refractivity contribution is 9.10. The number of fused-ring (bicyclic) bond motifs is 1. The second-order valence-electron chi connectivity index (χ2n) is 4.01. The van der Waals surface area contributed by atoms with Gasteiger partial charge in [0.15, 0.2) is 18.9 Å². The molecule has 0 atom stereocenters. The maximum Gasteiger partial charge on any atom is 0.193 e. The lowest BCUT2D eigenvalue weighted by atomic mass is 10.4. The first-order valence-corrected chi connectivity index (χ1v) is 6.77. The summed E-state index contributed by atoms with van der Waals surface area (Å²) in [5, 5.41) is 0. The van der Waals surface area contributed by atoms with Crippen molar-refractivity contribution in [1.29, 1.82) is 0 Å². The summed E-state index contributed by atoms with van der Waals surface area (Å²) in [5.74, 6) is 0. The van der Waals surface area contributed by atoms with E-state index >= 15 is 0 Å². The van der Waals surface area contributed by atoms with Gasteiger partial charge in [-0.15, -0.1) is 12.6 Å². The number of thiol groups is 1. The van der Waals surface area contributed by atoms with E-state index < -0.39 is 0 Å². The fourth-order valence-electron chi connectivity index (χ4n) is 1.87. The zero-order valence-electron chi connectivity index (χ0n) is 9.49. The van der Waals surface area contributed by atoms with Gasteiger partial charge in [-0.3, -0.25) is 4.40 Å². The molecule has 0 aromatic carbocycles. The third-order valence-electron chi connectivity index (χ3n) is 2.72. The van der Waals surface area contributed by atoms with Gasteiger partial charge in [-0.2, -0.15) is 4.57 Å². The second kappa shape index (κ2) is 4.74. The molecule has 0 unspecified atom stereocenters. The van der Waals surface area contributed by atoms with Gasteiger partial charge in [-0.25, -0.2) is 4.98 Å². The summed E-state index contributed by atoms with van der Waals surface area (Å²) in [6, 6.07) is 9.93. The topological polar surface area (TPSA) is 21.2 Å². The Morgan fingerprint density at radius 3 is 2.78 bits per heavy atom. The van der Waals surface area contributed by atoms with Crippen molar-refractivity contribution in [2.75, 3.05) is 0 Å². The third-order valence-corrected chi connectivity index (χ3v) is 3.82. The zero-order valence-corrected chi connectivity index (χ0v) is 12.0. The van der Waals surface area contributed by atoms with E-state index in [-0.39, 0.29) is 0 Å². The van der Waals surface area contributed by atoms with E-state index in [1.807, 2.05) is 53.3 Å². The van der Waals surface area contributed by atoms with Crippen molar-refractivity contribution >= 4 is 34.2 Å². The Labute approximate surface area is 119 Å². The summed E-state index contributed by atoms with van der Waals surface area (Å²) in [4.78, 5) is 5.53. The molecule has 0 spiro atoms. The minimum absolute atomic E-state index is 0.741. The van der Waals surface area contributed by atoms with Crippen LogP contribution in [-0.2, 0) is 6.54 Å². The van der Waals surface area contributed by atoms with Crippen molar-refractivity contribution in [3.8, 4) is 0 Å². The van der Waals surface area contributed by atoms with E-state index in [9.17, 15) is 0 Å². The average molecular weight is 321 g/mol. The van der Waals surface area contributed by atoms with Crippen LogP contribution in [0.25, 0.3) is 5.65 Å². The Balaban J connectivity index is 2.05. The fraction of sp³-hybridized carbons (Fsp3) is 0.0769. The monoisotopic (exact) mass is 320 g/mol. The molecule has 0 radical (unpaired) electrons. The zero-order chi connectivity index (χ0) is 12.5. The molecule has 18 heavy (non-hydrogen) atoms. The summed E-state index contributed by atoms with van der Waals surface area (Å²) in [5.41, 5.74) is 1.93. The lowest BCUT2D eigenvalue weighted by Crippen LogP contribution is -2.33. The standard InChI is InChI=1S/C13H10BrN3S/c14-13-11(9-16-6-2-1-3-7-16)15-12-5-4-10(18)8-17(12)13/h1-8H,9H2/p+1. The van der Waals surface area contributed by atoms with Crippen LogP contribution in [0.4, 0.5) is 0 Å². The SMILES string of the molecule is Sc1ccc2nc(C[n+]3ccccc3)c(Br)n2c1. The van der Waals surface area contributed by atoms with Gasteiger partial charge in [0.25, 0.3) is 0 Å². The quantitative estimate of drug-likeness (QED) is 0.569. The smallest absolute Gasteiger partial charge is 0.193 e. The van der Waals surface area contributed by atoms with Crippen LogP contribution in [0.1, 0.15) is 5.69 Å². The molecule has 3 aromatic heterocycles. The van der Waals surface area contributed by atoms with Gasteiger partial charge >= 0.3 is 0 Å². The van der Waals surface area contributed by atoms with Crippen LogP contribution in [0.5, 0.6) is 0 Å². The van der Waals surface area contributed by atoms with E-state index in [1.165, 1.54) is 0 Å². The number of imidazole rings is 1. The Kier molecular flexibility index (Phi) is 3.09. The van der Waals surface area contributed by atoms with Gasteiger partial charge in [0.05, 0.1) is 0 Å². The normalized spacial score (nSPS) is 11.0. The molecule has 0 saturated heterocycles. The van der Waals surface area contributed by atoms with E-state index in [4.69, 9.17) is 0 Å². The number of hydrogen-bond acceptors (Lipinski definition) is 2. The van der Waals surface area contributed by atoms with Gasteiger partial charge in [0.2, 0.25) is 0 Å². The first kappa shape index (κ1) is 11.7. The predicted molar refractivity (Wildman–Crippen MR) is 75.9 cm³/mol. The number of hydrogen-bond donors (Lipinski definition) is 1. The van der Waals surface area contributed by atoms with Gasteiger partial charge in [0.1, 0.15) is 15.9 Å². The van der Waals surface area contributed by atoms with Gasteiger partial charge < -0.3 is 0 Å². The van der Waals surface area contributed by atoms with Gasteiger partial charge in [-0.05, 0) is 28.1 Å². The number of nitrogens with zero attached hydrogens (tertiary/aromatic N) is 3. The predicted octanol–water partition coefficient (Wildman–Crippen LogP) is 2.72. The molecule has 90 valence electrons. The van der Waals surface area contributed by atoms with Crippen LogP contribution >= 0.6 is 28.6 Å². The molecule has 0 aliphatic rings. The minimum Gasteiger partial charge on any atom is -0.293 e. The maximum atomic E-state index is 4.61. The first-order chi connectivity index (χ1) is 8.74. The number of aromatic nitrogens is 3. The van der Waals surface area contributed by atoms with E-state index in [1.54, 1.807) is 0 Å². The third kappa shape index (κ3) is 2.15. The molecule has 0 aliphatic heterocycles. The molecule has 5 heteroatoms. The molecule has 0 fully saturated rings. The molecule has 3 aromatic rings. The van der Waals surface area contributed by atoms with Crippen LogP contribution in [0, 0.1) is 0 Å². The van der Waals surface area contributed by atoms with Crippen molar-refractivity contribution in [1.82, 2.24) is 9.38 Å². The molecule has 0 N–H and O–H groups in total. The van der Waals surface area contributed by atoms with Crippen molar-refractivity contribution in [3.63, 3.8) is 0 Å². The van der Waals surface area contributed by atoms with Crippen LogP contribution < -0.4 is 4.57 Å². The molecule has 0 aliphatic carbocycles. The number of pyridine rings is 2. The first-order valence-electron chi connectivity index (χ1n) is 5.53. The average Bonchev–Trinajstić information content (AvgIpc) is 2.68. The lowest BCUT2D eigenvalue weighted by Gasteiger charge is -1.96. The van der Waals surface area contributed by atoms with Crippen molar-refractivity contribution in [2.24, 2.45) is 0 Å². The molecule has 0 saturated carbocycles. The van der Waals surface area contributed by atoms with Crippen LogP contribution in [0.2, 0.25) is 0 Å².